The van der Waals surface area contributed by atoms with Crippen molar-refractivity contribution in [2.24, 2.45) is 0 Å². The summed E-state index contributed by atoms with van der Waals surface area (Å²) in [5.41, 5.74) is 2.97. The Morgan fingerprint density at radius 2 is 1.85 bits per heavy atom. The molecule has 0 aliphatic rings. The third-order valence-electron chi connectivity index (χ3n) is 3.96. The van der Waals surface area contributed by atoms with Gasteiger partial charge in [-0.05, 0) is 36.6 Å². The van der Waals surface area contributed by atoms with E-state index < -0.39 is 0 Å². The van der Waals surface area contributed by atoms with Gasteiger partial charge in [0.1, 0.15) is 11.5 Å². The number of rotatable bonds is 6. The molecule has 5 nitrogen and oxygen atoms in total. The summed E-state index contributed by atoms with van der Waals surface area (Å²) < 4.78 is 0. The van der Waals surface area contributed by atoms with Crippen LogP contribution in [0.25, 0.3) is 0 Å². The number of hydrogen-bond donors (Lipinski definition) is 2. The Morgan fingerprint density at radius 1 is 1.04 bits per heavy atom. The minimum Gasteiger partial charge on any atom is -0.368 e. The Bertz CT molecular complexity index is 882. The number of carbonyl (C=O) groups is 1. The van der Waals surface area contributed by atoms with Crippen molar-refractivity contribution < 1.29 is 4.79 Å². The normalized spacial score (nSPS) is 10.4. The molecule has 132 valence electrons. The molecule has 3 aromatic rings. The fourth-order valence-electron chi connectivity index (χ4n) is 2.45. The predicted octanol–water partition coefficient (Wildman–Crippen LogP) is 4.35. The maximum Gasteiger partial charge on any atom is 0.275 e. The van der Waals surface area contributed by atoms with Gasteiger partial charge in [-0.15, -0.1) is 0 Å². The molecular formula is C20H19ClN4O. The first-order valence-corrected chi connectivity index (χ1v) is 8.67. The van der Waals surface area contributed by atoms with Gasteiger partial charge >= 0.3 is 0 Å². The largest absolute Gasteiger partial charge is 0.368 e. The van der Waals surface area contributed by atoms with Crippen molar-refractivity contribution in [1.82, 2.24) is 9.97 Å². The van der Waals surface area contributed by atoms with Crippen LogP contribution >= 0.6 is 11.6 Å². The van der Waals surface area contributed by atoms with Gasteiger partial charge in [0, 0.05) is 17.3 Å². The van der Waals surface area contributed by atoms with Crippen molar-refractivity contribution in [3.8, 4) is 0 Å². The average Bonchev–Trinajstić information content (AvgIpc) is 2.67. The van der Waals surface area contributed by atoms with Gasteiger partial charge < -0.3 is 10.6 Å². The van der Waals surface area contributed by atoms with E-state index in [1.807, 2.05) is 25.1 Å². The van der Waals surface area contributed by atoms with E-state index in [9.17, 15) is 4.79 Å². The van der Waals surface area contributed by atoms with E-state index in [0.717, 1.165) is 18.5 Å². The molecule has 0 spiro atoms. The van der Waals surface area contributed by atoms with E-state index in [-0.39, 0.29) is 11.6 Å². The van der Waals surface area contributed by atoms with E-state index >= 15 is 0 Å². The first-order chi connectivity index (χ1) is 12.6. The number of benzene rings is 2. The first kappa shape index (κ1) is 17.9. The van der Waals surface area contributed by atoms with E-state index in [1.165, 1.54) is 11.8 Å². The molecule has 0 unspecified atom stereocenters. The molecule has 6 heteroatoms. The molecule has 0 saturated heterocycles. The standard InChI is InChI=1S/C20H19ClN4O/c1-14-16(21)8-5-9-17(14)25-20(26)18-12-24-19(13-23-18)22-11-10-15-6-3-2-4-7-15/h2-9,12-13H,10-11H2,1H3,(H,22,24)(H,25,26). The van der Waals surface area contributed by atoms with Crippen LogP contribution in [0.4, 0.5) is 11.5 Å². The third-order valence-corrected chi connectivity index (χ3v) is 4.37. The van der Waals surface area contributed by atoms with Crippen LogP contribution in [-0.4, -0.2) is 22.4 Å². The number of aromatic nitrogens is 2. The van der Waals surface area contributed by atoms with Crippen LogP contribution in [0, 0.1) is 6.92 Å². The van der Waals surface area contributed by atoms with E-state index in [2.05, 4.69) is 32.7 Å². The first-order valence-electron chi connectivity index (χ1n) is 8.30. The summed E-state index contributed by atoms with van der Waals surface area (Å²) in [6.07, 6.45) is 3.91. The van der Waals surface area contributed by atoms with Gasteiger partial charge in [0.15, 0.2) is 0 Å². The smallest absolute Gasteiger partial charge is 0.275 e. The summed E-state index contributed by atoms with van der Waals surface area (Å²) in [5.74, 6) is 0.315. The van der Waals surface area contributed by atoms with Gasteiger partial charge in [-0.25, -0.2) is 9.97 Å². The summed E-state index contributed by atoms with van der Waals surface area (Å²) in [6, 6.07) is 15.6. The fourth-order valence-corrected chi connectivity index (χ4v) is 2.62. The quantitative estimate of drug-likeness (QED) is 0.680. The molecule has 0 atom stereocenters. The highest BCUT2D eigenvalue weighted by molar-refractivity contribution is 6.31. The summed E-state index contributed by atoms with van der Waals surface area (Å²) in [6.45, 7) is 2.59. The second-order valence-corrected chi connectivity index (χ2v) is 6.22. The maximum absolute atomic E-state index is 12.3. The van der Waals surface area contributed by atoms with Gasteiger partial charge in [0.25, 0.3) is 5.91 Å². The van der Waals surface area contributed by atoms with Crippen LogP contribution in [0.2, 0.25) is 5.02 Å². The van der Waals surface area contributed by atoms with Gasteiger partial charge in [-0.2, -0.15) is 0 Å². The molecule has 0 saturated carbocycles. The molecule has 1 aromatic heterocycles. The van der Waals surface area contributed by atoms with Crippen molar-refractivity contribution in [1.29, 1.82) is 0 Å². The van der Waals surface area contributed by atoms with Crippen molar-refractivity contribution >= 4 is 29.0 Å². The van der Waals surface area contributed by atoms with Crippen LogP contribution in [0.1, 0.15) is 21.6 Å². The number of carbonyl (C=O) groups excluding carboxylic acids is 1. The van der Waals surface area contributed by atoms with Gasteiger partial charge in [-0.1, -0.05) is 48.0 Å². The molecule has 0 aliphatic heterocycles. The minimum atomic E-state index is -0.321. The number of anilines is 2. The Balaban J connectivity index is 1.56. The summed E-state index contributed by atoms with van der Waals surface area (Å²) in [5, 5.41) is 6.61. The predicted molar refractivity (Wildman–Crippen MR) is 105 cm³/mol. The Hall–Kier alpha value is -2.92. The highest BCUT2D eigenvalue weighted by atomic mass is 35.5. The lowest BCUT2D eigenvalue weighted by Gasteiger charge is -2.09. The van der Waals surface area contributed by atoms with Crippen LogP contribution in [0.3, 0.4) is 0 Å². The lowest BCUT2D eigenvalue weighted by Crippen LogP contribution is -2.15. The molecular weight excluding hydrogens is 348 g/mol. The molecule has 1 amide bonds. The second-order valence-electron chi connectivity index (χ2n) is 5.82. The summed E-state index contributed by atoms with van der Waals surface area (Å²) in [7, 11) is 0. The van der Waals surface area contributed by atoms with Crippen molar-refractivity contribution in [2.45, 2.75) is 13.3 Å². The number of amides is 1. The molecule has 2 N–H and O–H groups in total. The molecule has 3 rings (SSSR count). The van der Waals surface area contributed by atoms with E-state index in [1.54, 1.807) is 24.4 Å². The van der Waals surface area contributed by atoms with Gasteiger partial charge in [0.05, 0.1) is 12.4 Å². The molecule has 26 heavy (non-hydrogen) atoms. The van der Waals surface area contributed by atoms with Gasteiger partial charge in [0.2, 0.25) is 0 Å². The zero-order chi connectivity index (χ0) is 18.4. The molecule has 0 fully saturated rings. The summed E-state index contributed by atoms with van der Waals surface area (Å²) in [4.78, 5) is 20.7. The van der Waals surface area contributed by atoms with E-state index in [0.29, 0.717) is 16.5 Å². The minimum absolute atomic E-state index is 0.248. The monoisotopic (exact) mass is 366 g/mol. The third kappa shape index (κ3) is 4.58. The van der Waals surface area contributed by atoms with Crippen LogP contribution in [0.15, 0.2) is 60.9 Å². The molecule has 2 aromatic carbocycles. The van der Waals surface area contributed by atoms with E-state index in [4.69, 9.17) is 11.6 Å². The SMILES string of the molecule is Cc1c(Cl)cccc1NC(=O)c1cnc(NCCc2ccccc2)cn1. The van der Waals surface area contributed by atoms with Crippen molar-refractivity contribution in [2.75, 3.05) is 17.2 Å². The zero-order valence-electron chi connectivity index (χ0n) is 14.4. The van der Waals surface area contributed by atoms with Gasteiger partial charge in [-0.3, -0.25) is 4.79 Å². The Kier molecular flexibility index (Phi) is 5.81. The average molecular weight is 367 g/mol. The van der Waals surface area contributed by atoms with Crippen LogP contribution in [0.5, 0.6) is 0 Å². The highest BCUT2D eigenvalue weighted by Gasteiger charge is 2.11. The number of halogens is 1. The Labute approximate surface area is 157 Å². The van der Waals surface area contributed by atoms with Crippen LogP contribution < -0.4 is 10.6 Å². The molecule has 0 radical (unpaired) electrons. The second kappa shape index (κ2) is 8.45. The number of nitrogens with zero attached hydrogens (tertiary/aromatic N) is 2. The lowest BCUT2D eigenvalue weighted by molar-refractivity contribution is 0.102. The van der Waals surface area contributed by atoms with Crippen LogP contribution in [-0.2, 0) is 6.42 Å². The van der Waals surface area contributed by atoms with Crippen molar-refractivity contribution in [3.63, 3.8) is 0 Å². The zero-order valence-corrected chi connectivity index (χ0v) is 15.1. The number of nitrogens with one attached hydrogen (secondary N) is 2. The fraction of sp³-hybridized carbons (Fsp3) is 0.150. The molecule has 1 heterocycles. The topological polar surface area (TPSA) is 66.9 Å². The summed E-state index contributed by atoms with van der Waals surface area (Å²) >= 11 is 6.07. The molecule has 0 bridgehead atoms. The lowest BCUT2D eigenvalue weighted by atomic mass is 10.1. The maximum atomic E-state index is 12.3. The Morgan fingerprint density at radius 3 is 2.58 bits per heavy atom. The van der Waals surface area contributed by atoms with Crippen molar-refractivity contribution in [3.05, 3.63) is 82.8 Å². The number of hydrogen-bond acceptors (Lipinski definition) is 4. The molecule has 0 aliphatic carbocycles. The highest BCUT2D eigenvalue weighted by Crippen LogP contribution is 2.23.